The highest BCUT2D eigenvalue weighted by atomic mass is 35.5. The number of aromatic nitrogens is 1. The Morgan fingerprint density at radius 2 is 2.26 bits per heavy atom. The van der Waals surface area contributed by atoms with Crippen LogP contribution in [-0.2, 0) is 11.3 Å². The lowest BCUT2D eigenvalue weighted by Crippen LogP contribution is -2.33. The number of rotatable bonds is 2. The lowest BCUT2D eigenvalue weighted by atomic mass is 10.0. The molecule has 3 rings (SSSR count). The van der Waals surface area contributed by atoms with Crippen LogP contribution in [0.25, 0.3) is 0 Å². The molecule has 1 amide bonds. The summed E-state index contributed by atoms with van der Waals surface area (Å²) in [7, 11) is 0. The zero-order valence-electron chi connectivity index (χ0n) is 10.8. The number of pyridine rings is 1. The maximum absolute atomic E-state index is 12.0. The Morgan fingerprint density at radius 3 is 3.00 bits per heavy atom. The van der Waals surface area contributed by atoms with Crippen molar-refractivity contribution in [1.82, 2.24) is 14.8 Å². The molecule has 0 N–H and O–H groups in total. The number of halogens is 1. The number of hydrogen-bond donors (Lipinski definition) is 0. The standard InChI is InChI=1S/C14H16ClN3O/c1-10-6-13-17(4-5-18(13)14(19)7-10)9-11-2-3-12(15)16-8-11/h2-3,6,8,10H,4-5,7,9H2,1H3. The lowest BCUT2D eigenvalue weighted by molar-refractivity contribution is -0.130. The quantitative estimate of drug-likeness (QED) is 0.778. The summed E-state index contributed by atoms with van der Waals surface area (Å²) in [6.07, 6.45) is 4.61. The molecule has 0 aliphatic carbocycles. The number of amides is 1. The van der Waals surface area contributed by atoms with E-state index >= 15 is 0 Å². The molecule has 0 saturated carbocycles. The Balaban J connectivity index is 1.79. The van der Waals surface area contributed by atoms with Crippen molar-refractivity contribution in [2.24, 2.45) is 5.92 Å². The lowest BCUT2D eigenvalue weighted by Gasteiger charge is -2.29. The Bertz CT molecular complexity index is 526. The van der Waals surface area contributed by atoms with Crippen LogP contribution in [0.15, 0.2) is 30.2 Å². The highest BCUT2D eigenvalue weighted by Gasteiger charge is 2.33. The van der Waals surface area contributed by atoms with Gasteiger partial charge in [-0.15, -0.1) is 0 Å². The summed E-state index contributed by atoms with van der Waals surface area (Å²) in [4.78, 5) is 20.2. The minimum atomic E-state index is 0.238. The molecule has 1 aromatic rings. The van der Waals surface area contributed by atoms with E-state index in [-0.39, 0.29) is 5.91 Å². The second-order valence-corrected chi connectivity index (χ2v) is 5.55. The molecule has 1 aromatic heterocycles. The van der Waals surface area contributed by atoms with Crippen molar-refractivity contribution in [3.63, 3.8) is 0 Å². The fourth-order valence-electron chi connectivity index (χ4n) is 2.65. The van der Waals surface area contributed by atoms with E-state index in [4.69, 9.17) is 11.6 Å². The molecule has 100 valence electrons. The third kappa shape index (κ3) is 2.45. The molecule has 1 fully saturated rings. The highest BCUT2D eigenvalue weighted by Crippen LogP contribution is 2.28. The van der Waals surface area contributed by atoms with Crippen molar-refractivity contribution in [1.29, 1.82) is 0 Å². The molecule has 3 heterocycles. The average molecular weight is 278 g/mol. The third-order valence-corrected chi connectivity index (χ3v) is 3.81. The highest BCUT2D eigenvalue weighted by molar-refractivity contribution is 6.29. The topological polar surface area (TPSA) is 36.4 Å². The van der Waals surface area contributed by atoms with E-state index in [0.29, 0.717) is 17.5 Å². The second-order valence-electron chi connectivity index (χ2n) is 5.16. The van der Waals surface area contributed by atoms with Gasteiger partial charge in [-0.05, 0) is 23.6 Å². The van der Waals surface area contributed by atoms with Gasteiger partial charge >= 0.3 is 0 Å². The van der Waals surface area contributed by atoms with Gasteiger partial charge in [-0.2, -0.15) is 0 Å². The number of carbonyl (C=O) groups is 1. The van der Waals surface area contributed by atoms with Crippen LogP contribution in [0.2, 0.25) is 5.15 Å². The van der Waals surface area contributed by atoms with Crippen molar-refractivity contribution in [2.45, 2.75) is 19.9 Å². The molecule has 0 aromatic carbocycles. The number of hydrogen-bond acceptors (Lipinski definition) is 3. The van der Waals surface area contributed by atoms with E-state index in [1.54, 1.807) is 12.3 Å². The number of nitrogens with zero attached hydrogens (tertiary/aromatic N) is 3. The van der Waals surface area contributed by atoms with Gasteiger partial charge < -0.3 is 4.90 Å². The zero-order chi connectivity index (χ0) is 13.4. The Kier molecular flexibility index (Phi) is 3.19. The maximum atomic E-state index is 12.0. The van der Waals surface area contributed by atoms with E-state index < -0.39 is 0 Å². The van der Waals surface area contributed by atoms with Gasteiger partial charge in [0.15, 0.2) is 0 Å². The summed E-state index contributed by atoms with van der Waals surface area (Å²) < 4.78 is 0. The van der Waals surface area contributed by atoms with Crippen LogP contribution in [0, 0.1) is 5.92 Å². The van der Waals surface area contributed by atoms with Gasteiger partial charge in [0.2, 0.25) is 5.91 Å². The van der Waals surface area contributed by atoms with Crippen LogP contribution in [0.1, 0.15) is 18.9 Å². The monoisotopic (exact) mass is 277 g/mol. The first-order valence-electron chi connectivity index (χ1n) is 6.51. The van der Waals surface area contributed by atoms with Crippen LogP contribution >= 0.6 is 11.6 Å². The minimum Gasteiger partial charge on any atom is -0.352 e. The first-order chi connectivity index (χ1) is 9.13. The summed E-state index contributed by atoms with van der Waals surface area (Å²) in [6, 6.07) is 3.78. The molecular weight excluding hydrogens is 262 g/mol. The van der Waals surface area contributed by atoms with E-state index in [2.05, 4.69) is 22.9 Å². The minimum absolute atomic E-state index is 0.238. The molecule has 0 radical (unpaired) electrons. The number of fused-ring (bicyclic) bond motifs is 1. The van der Waals surface area contributed by atoms with Crippen molar-refractivity contribution in [3.05, 3.63) is 40.9 Å². The van der Waals surface area contributed by atoms with E-state index in [1.165, 1.54) is 0 Å². The van der Waals surface area contributed by atoms with Crippen LogP contribution in [0.4, 0.5) is 0 Å². The molecule has 19 heavy (non-hydrogen) atoms. The van der Waals surface area contributed by atoms with Crippen LogP contribution in [0.3, 0.4) is 0 Å². The van der Waals surface area contributed by atoms with Crippen molar-refractivity contribution in [3.8, 4) is 0 Å². The smallest absolute Gasteiger partial charge is 0.228 e. The fraction of sp³-hybridized carbons (Fsp3) is 0.429. The van der Waals surface area contributed by atoms with Crippen LogP contribution < -0.4 is 0 Å². The Labute approximate surface area is 117 Å². The first kappa shape index (κ1) is 12.5. The first-order valence-corrected chi connectivity index (χ1v) is 6.89. The molecule has 1 saturated heterocycles. The normalized spacial score (nSPS) is 22.5. The van der Waals surface area contributed by atoms with E-state index in [0.717, 1.165) is 31.0 Å². The predicted molar refractivity (Wildman–Crippen MR) is 73.2 cm³/mol. The van der Waals surface area contributed by atoms with Gasteiger partial charge in [0.1, 0.15) is 11.0 Å². The van der Waals surface area contributed by atoms with Crippen LogP contribution in [-0.4, -0.2) is 33.8 Å². The summed E-state index contributed by atoms with van der Waals surface area (Å²) in [5.41, 5.74) is 1.11. The largest absolute Gasteiger partial charge is 0.352 e. The van der Waals surface area contributed by atoms with Crippen molar-refractivity contribution >= 4 is 17.5 Å². The summed E-state index contributed by atoms with van der Waals surface area (Å²) >= 11 is 5.79. The predicted octanol–water partition coefficient (Wildman–Crippen LogP) is 2.26. The molecule has 5 heteroatoms. The summed E-state index contributed by atoms with van der Waals surface area (Å²) in [6.45, 7) is 4.53. The molecule has 2 aliphatic rings. The van der Waals surface area contributed by atoms with Crippen molar-refractivity contribution in [2.75, 3.05) is 13.1 Å². The molecular formula is C14H16ClN3O. The second kappa shape index (κ2) is 4.85. The third-order valence-electron chi connectivity index (χ3n) is 3.59. The van der Waals surface area contributed by atoms with Gasteiger partial charge in [-0.3, -0.25) is 9.69 Å². The SMILES string of the molecule is CC1C=C2N(Cc3ccc(Cl)nc3)CCN2C(=O)C1. The number of allylic oxidation sites excluding steroid dienone is 1. The van der Waals surface area contributed by atoms with Crippen molar-refractivity contribution < 1.29 is 4.79 Å². The maximum Gasteiger partial charge on any atom is 0.228 e. The van der Waals surface area contributed by atoms with Gasteiger partial charge in [-0.25, -0.2) is 4.98 Å². The number of carbonyl (C=O) groups excluding carboxylic acids is 1. The summed E-state index contributed by atoms with van der Waals surface area (Å²) in [5.74, 6) is 1.61. The Hall–Kier alpha value is -1.55. The molecule has 1 atom stereocenters. The van der Waals surface area contributed by atoms with Gasteiger partial charge in [-0.1, -0.05) is 24.6 Å². The fourth-order valence-corrected chi connectivity index (χ4v) is 2.76. The van der Waals surface area contributed by atoms with E-state index in [9.17, 15) is 4.79 Å². The van der Waals surface area contributed by atoms with Gasteiger partial charge in [0.05, 0.1) is 0 Å². The molecule has 4 nitrogen and oxygen atoms in total. The molecule has 0 bridgehead atoms. The van der Waals surface area contributed by atoms with Crippen LogP contribution in [0.5, 0.6) is 0 Å². The Morgan fingerprint density at radius 1 is 1.42 bits per heavy atom. The van der Waals surface area contributed by atoms with E-state index in [1.807, 2.05) is 11.0 Å². The average Bonchev–Trinajstić information content (AvgIpc) is 2.76. The zero-order valence-corrected chi connectivity index (χ0v) is 11.6. The molecule has 2 aliphatic heterocycles. The molecule has 1 unspecified atom stereocenters. The molecule has 0 spiro atoms. The van der Waals surface area contributed by atoms with Gasteiger partial charge in [0.25, 0.3) is 0 Å². The van der Waals surface area contributed by atoms with Gasteiger partial charge in [0, 0.05) is 32.3 Å². The summed E-state index contributed by atoms with van der Waals surface area (Å²) in [5, 5.41) is 0.507.